The zero-order chi connectivity index (χ0) is 13.9. The molecule has 2 aromatic rings. The summed E-state index contributed by atoms with van der Waals surface area (Å²) in [5, 5.41) is 11.5. The van der Waals surface area contributed by atoms with Gasteiger partial charge in [0.05, 0.1) is 17.2 Å². The maximum absolute atomic E-state index is 5.28. The molecule has 0 unspecified atom stereocenters. The van der Waals surface area contributed by atoms with E-state index in [1.54, 1.807) is 6.20 Å². The molecule has 3 rings (SSSR count). The quantitative estimate of drug-likeness (QED) is 0.831. The van der Waals surface area contributed by atoms with Crippen molar-refractivity contribution in [1.29, 1.82) is 0 Å². The van der Waals surface area contributed by atoms with Gasteiger partial charge in [-0.3, -0.25) is 4.68 Å². The first-order chi connectivity index (χ1) is 9.69. The lowest BCUT2D eigenvalue weighted by Gasteiger charge is -2.11. The van der Waals surface area contributed by atoms with Gasteiger partial charge in [0.15, 0.2) is 5.11 Å². The van der Waals surface area contributed by atoms with Crippen molar-refractivity contribution in [3.05, 3.63) is 46.7 Å². The average molecular weight is 351 g/mol. The number of nitrogens with zero attached hydrogens (tertiary/aromatic N) is 2. The molecule has 1 aromatic carbocycles. The minimum absolute atomic E-state index is 0.569. The monoisotopic (exact) mass is 350 g/mol. The van der Waals surface area contributed by atoms with Gasteiger partial charge < -0.3 is 10.6 Å². The van der Waals surface area contributed by atoms with E-state index >= 15 is 0 Å². The number of rotatable bonds is 4. The van der Waals surface area contributed by atoms with Crippen molar-refractivity contribution in [2.24, 2.45) is 0 Å². The van der Waals surface area contributed by atoms with Crippen LogP contribution in [0.1, 0.15) is 18.4 Å². The number of benzene rings is 1. The van der Waals surface area contributed by atoms with E-state index in [4.69, 9.17) is 12.2 Å². The van der Waals surface area contributed by atoms with E-state index < -0.39 is 0 Å². The van der Waals surface area contributed by atoms with Gasteiger partial charge in [-0.2, -0.15) is 5.10 Å². The molecule has 1 aliphatic rings. The molecule has 0 amide bonds. The summed E-state index contributed by atoms with van der Waals surface area (Å²) in [5.41, 5.74) is 2.19. The zero-order valence-corrected chi connectivity index (χ0v) is 13.2. The molecule has 1 aromatic heterocycles. The topological polar surface area (TPSA) is 41.9 Å². The fourth-order valence-corrected chi connectivity index (χ4v) is 2.55. The predicted octanol–water partition coefficient (Wildman–Crippen LogP) is 3.14. The molecule has 4 nitrogen and oxygen atoms in total. The summed E-state index contributed by atoms with van der Waals surface area (Å²) in [5.74, 6) is 0. The van der Waals surface area contributed by atoms with E-state index in [0.29, 0.717) is 11.2 Å². The Morgan fingerprint density at radius 1 is 1.45 bits per heavy atom. The van der Waals surface area contributed by atoms with Crippen LogP contribution >= 0.6 is 28.1 Å². The third-order valence-electron chi connectivity index (χ3n) is 3.04. The highest BCUT2D eigenvalue weighted by Crippen LogP contribution is 2.19. The highest BCUT2D eigenvalue weighted by molar-refractivity contribution is 9.10. The largest absolute Gasteiger partial charge is 0.360 e. The summed E-state index contributed by atoms with van der Waals surface area (Å²) in [6.07, 6.45) is 6.18. The lowest BCUT2D eigenvalue weighted by molar-refractivity contribution is 0.687. The van der Waals surface area contributed by atoms with E-state index in [9.17, 15) is 0 Å². The number of hydrogen-bond donors (Lipinski definition) is 2. The minimum Gasteiger partial charge on any atom is -0.360 e. The van der Waals surface area contributed by atoms with E-state index in [2.05, 4.69) is 43.8 Å². The van der Waals surface area contributed by atoms with Crippen molar-refractivity contribution in [1.82, 2.24) is 15.1 Å². The first kappa shape index (κ1) is 13.6. The molecule has 0 radical (unpaired) electrons. The first-order valence-electron chi connectivity index (χ1n) is 6.53. The van der Waals surface area contributed by atoms with Gasteiger partial charge in [0, 0.05) is 17.9 Å². The molecule has 1 saturated carbocycles. The van der Waals surface area contributed by atoms with Crippen molar-refractivity contribution in [2.45, 2.75) is 25.4 Å². The molecule has 104 valence electrons. The Hall–Kier alpha value is -1.40. The molecular formula is C14H15BrN4S. The van der Waals surface area contributed by atoms with Crippen LogP contribution in [0.15, 0.2) is 41.1 Å². The van der Waals surface area contributed by atoms with Gasteiger partial charge in [-0.15, -0.1) is 0 Å². The Morgan fingerprint density at radius 2 is 2.30 bits per heavy atom. The van der Waals surface area contributed by atoms with Crippen molar-refractivity contribution in [2.75, 3.05) is 5.32 Å². The summed E-state index contributed by atoms with van der Waals surface area (Å²) in [6.45, 7) is 0.740. The van der Waals surface area contributed by atoms with E-state index in [0.717, 1.165) is 16.7 Å². The van der Waals surface area contributed by atoms with Gasteiger partial charge in [-0.25, -0.2) is 0 Å². The van der Waals surface area contributed by atoms with Crippen LogP contribution in [0, 0.1) is 0 Å². The lowest BCUT2D eigenvalue weighted by Crippen LogP contribution is -2.30. The molecule has 0 aliphatic heterocycles. The number of anilines is 1. The Bertz CT molecular complexity index is 621. The standard InChI is InChI=1S/C14H15BrN4S/c15-11-7-16-19(9-11)8-10-2-1-3-13(6-10)18-14(20)17-12-4-5-12/h1-3,6-7,9,12H,4-5,8H2,(H2,17,18,20). The second-order valence-corrected chi connectivity index (χ2v) is 6.25. The Morgan fingerprint density at radius 3 is 3.00 bits per heavy atom. The molecule has 1 aliphatic carbocycles. The third-order valence-corrected chi connectivity index (χ3v) is 3.67. The van der Waals surface area contributed by atoms with Gasteiger partial charge in [-0.05, 0) is 58.7 Å². The second-order valence-electron chi connectivity index (χ2n) is 4.93. The molecule has 1 heterocycles. The van der Waals surface area contributed by atoms with Gasteiger partial charge in [0.1, 0.15) is 0 Å². The fraction of sp³-hybridized carbons (Fsp3) is 0.286. The van der Waals surface area contributed by atoms with Gasteiger partial charge in [0.2, 0.25) is 0 Å². The molecular weight excluding hydrogens is 336 g/mol. The molecule has 0 bridgehead atoms. The third kappa shape index (κ3) is 3.80. The predicted molar refractivity (Wildman–Crippen MR) is 87.8 cm³/mol. The summed E-state index contributed by atoms with van der Waals surface area (Å²) in [7, 11) is 0. The van der Waals surface area contributed by atoms with Crippen LogP contribution in [-0.4, -0.2) is 20.9 Å². The lowest BCUT2D eigenvalue weighted by atomic mass is 10.2. The number of nitrogens with one attached hydrogen (secondary N) is 2. The summed E-state index contributed by atoms with van der Waals surface area (Å²) in [4.78, 5) is 0. The van der Waals surface area contributed by atoms with E-state index in [1.165, 1.54) is 18.4 Å². The Balaban J connectivity index is 1.64. The van der Waals surface area contributed by atoms with Crippen molar-refractivity contribution >= 4 is 38.9 Å². The molecule has 0 spiro atoms. The van der Waals surface area contributed by atoms with Crippen LogP contribution < -0.4 is 10.6 Å². The van der Waals surface area contributed by atoms with Crippen molar-refractivity contribution in [3.8, 4) is 0 Å². The summed E-state index contributed by atoms with van der Waals surface area (Å²) < 4.78 is 2.88. The fourth-order valence-electron chi connectivity index (χ4n) is 1.94. The van der Waals surface area contributed by atoms with Crippen LogP contribution in [0.3, 0.4) is 0 Å². The molecule has 1 fully saturated rings. The second kappa shape index (κ2) is 5.93. The number of hydrogen-bond acceptors (Lipinski definition) is 2. The smallest absolute Gasteiger partial charge is 0.170 e. The van der Waals surface area contributed by atoms with Crippen molar-refractivity contribution < 1.29 is 0 Å². The summed E-state index contributed by atoms with van der Waals surface area (Å²) >= 11 is 8.68. The number of halogens is 1. The summed E-state index contributed by atoms with van der Waals surface area (Å²) in [6, 6.07) is 8.79. The molecule has 6 heteroatoms. The molecule has 0 saturated heterocycles. The van der Waals surface area contributed by atoms with Crippen molar-refractivity contribution in [3.63, 3.8) is 0 Å². The maximum atomic E-state index is 5.28. The van der Waals surface area contributed by atoms with Gasteiger partial charge in [-0.1, -0.05) is 12.1 Å². The Kier molecular flexibility index (Phi) is 4.03. The van der Waals surface area contributed by atoms with Crippen LogP contribution in [0.4, 0.5) is 5.69 Å². The average Bonchev–Trinajstić information content (AvgIpc) is 3.11. The number of thiocarbonyl (C=S) groups is 1. The van der Waals surface area contributed by atoms with Crippen LogP contribution in [-0.2, 0) is 6.54 Å². The first-order valence-corrected chi connectivity index (χ1v) is 7.73. The molecule has 2 N–H and O–H groups in total. The van der Waals surface area contributed by atoms with Gasteiger partial charge in [0.25, 0.3) is 0 Å². The highest BCUT2D eigenvalue weighted by Gasteiger charge is 2.21. The molecule has 0 atom stereocenters. The van der Waals surface area contributed by atoms with E-state index in [1.807, 2.05) is 23.0 Å². The van der Waals surface area contributed by atoms with Crippen LogP contribution in [0.5, 0.6) is 0 Å². The maximum Gasteiger partial charge on any atom is 0.170 e. The van der Waals surface area contributed by atoms with Crippen LogP contribution in [0.2, 0.25) is 0 Å². The number of aromatic nitrogens is 2. The normalized spacial score (nSPS) is 14.1. The SMILES string of the molecule is S=C(Nc1cccc(Cn2cc(Br)cn2)c1)NC1CC1. The molecule has 20 heavy (non-hydrogen) atoms. The zero-order valence-electron chi connectivity index (χ0n) is 10.8. The minimum atomic E-state index is 0.569. The van der Waals surface area contributed by atoms with E-state index in [-0.39, 0.29) is 0 Å². The van der Waals surface area contributed by atoms with Gasteiger partial charge >= 0.3 is 0 Å². The Labute approximate surface area is 131 Å². The highest BCUT2D eigenvalue weighted by atomic mass is 79.9. The van der Waals surface area contributed by atoms with Crippen LogP contribution in [0.25, 0.3) is 0 Å².